The third-order valence-electron chi connectivity index (χ3n) is 10.9. The van der Waals surface area contributed by atoms with Crippen molar-refractivity contribution in [1.29, 1.82) is 0 Å². The van der Waals surface area contributed by atoms with Gasteiger partial charge in [-0.1, -0.05) is 24.3 Å². The molecule has 2 heterocycles. The molecule has 74 heavy (non-hydrogen) atoms. The Balaban J connectivity index is 0.000000294. The first-order chi connectivity index (χ1) is 35.0. The Morgan fingerprint density at radius 3 is 1.30 bits per heavy atom. The second kappa shape index (κ2) is 25.6. The predicted molar refractivity (Wildman–Crippen MR) is 247 cm³/mol. The average Bonchev–Trinajstić information content (AvgIpc) is 3.37. The first-order valence-corrected chi connectivity index (χ1v) is 22.1. The van der Waals surface area contributed by atoms with Crippen molar-refractivity contribution in [2.45, 2.75) is 89.1 Å². The van der Waals surface area contributed by atoms with E-state index in [4.69, 9.17) is 47.4 Å². The van der Waals surface area contributed by atoms with Crippen LogP contribution >= 0.6 is 0 Å². The van der Waals surface area contributed by atoms with E-state index in [1.165, 1.54) is 75.7 Å². The van der Waals surface area contributed by atoms with E-state index >= 15 is 0 Å². The van der Waals surface area contributed by atoms with Crippen LogP contribution in [0.4, 0.5) is 0 Å². The molecule has 0 amide bonds. The van der Waals surface area contributed by atoms with Gasteiger partial charge in [-0.25, -0.2) is 19.2 Å². The van der Waals surface area contributed by atoms with E-state index in [2.05, 4.69) is 0 Å². The van der Waals surface area contributed by atoms with Crippen molar-refractivity contribution in [2.24, 2.45) is 0 Å². The van der Waals surface area contributed by atoms with Gasteiger partial charge in [0.15, 0.2) is 12.2 Å². The summed E-state index contributed by atoms with van der Waals surface area (Å²) >= 11 is 0. The number of hydrogen-bond donors (Lipinski definition) is 6. The molecule has 24 heteroatoms. The molecule has 6 N–H and O–H groups in total. The molecular formula is C50H52O24. The van der Waals surface area contributed by atoms with Gasteiger partial charge in [0.2, 0.25) is 18.7 Å². The van der Waals surface area contributed by atoms with Gasteiger partial charge in [0.25, 0.3) is 0 Å². The number of carbonyl (C=O) groups excluding carboxylic acids is 6. The number of rotatable bonds is 16. The van der Waals surface area contributed by atoms with Gasteiger partial charge in [-0.15, -0.1) is 0 Å². The molecule has 24 nitrogen and oxygen atoms in total. The molecule has 0 aromatic heterocycles. The van der Waals surface area contributed by atoms with Gasteiger partial charge >= 0.3 is 47.8 Å². The molecule has 0 aliphatic carbocycles. The molecule has 10 unspecified atom stereocenters. The highest BCUT2D eigenvalue weighted by Crippen LogP contribution is 2.33. The lowest BCUT2D eigenvalue weighted by molar-refractivity contribution is -0.288. The Hall–Kier alpha value is -8.00. The van der Waals surface area contributed by atoms with Gasteiger partial charge in [0.05, 0.1) is 43.1 Å². The number of carboxylic acid groups (broad SMARTS) is 2. The van der Waals surface area contributed by atoms with Crippen LogP contribution in [-0.4, -0.2) is 167 Å². The van der Waals surface area contributed by atoms with Crippen molar-refractivity contribution in [2.75, 3.05) is 27.4 Å². The number of carbonyl (C=O) groups is 8. The standard InChI is InChI=1S/C30H32O14.C20H20O10/c1-15(31)39-14-24-25(40-16(2)32)26(41-17(3)33)27(42-18(4)34)30(44-24)43-23-9-7-19(8-10-23)20-11-21(28(35)37-5)13-22(12-20)29(36)38-6;21-8-14-15(22)16(23)17(24)20(30-14)29-13-3-1-9(2-4-13)10-5-11(18(25)26)7-12(6-10)19(27)28/h7-13,24-27,30H,14H2,1-6H3;1-7,14-17,20-24H,8H2,(H,25,26)(H,27,28). The molecule has 396 valence electrons. The largest absolute Gasteiger partial charge is 0.478 e. The topological polar surface area (TPSA) is 350 Å². The maximum Gasteiger partial charge on any atom is 0.337 e. The molecule has 4 aromatic carbocycles. The first kappa shape index (κ1) is 56.9. The summed E-state index contributed by atoms with van der Waals surface area (Å²) in [5, 5.41) is 57.2. The van der Waals surface area contributed by atoms with Crippen molar-refractivity contribution < 1.29 is 116 Å². The Morgan fingerprint density at radius 1 is 0.473 bits per heavy atom. The second-order valence-corrected chi connectivity index (χ2v) is 16.2. The van der Waals surface area contributed by atoms with Crippen LogP contribution < -0.4 is 9.47 Å². The molecule has 0 radical (unpaired) electrons. The third-order valence-corrected chi connectivity index (χ3v) is 10.9. The Bertz CT molecular complexity index is 2620. The molecule has 10 atom stereocenters. The molecule has 0 bridgehead atoms. The van der Waals surface area contributed by atoms with Crippen molar-refractivity contribution >= 4 is 47.8 Å². The molecule has 0 spiro atoms. The van der Waals surface area contributed by atoms with Crippen LogP contribution in [0.25, 0.3) is 22.3 Å². The maximum atomic E-state index is 12.2. The molecule has 6 rings (SSSR count). The monoisotopic (exact) mass is 1040 g/mol. The third kappa shape index (κ3) is 14.8. The highest BCUT2D eigenvalue weighted by atomic mass is 16.7. The van der Waals surface area contributed by atoms with Gasteiger partial charge in [-0.3, -0.25) is 19.2 Å². The molecule has 4 aromatic rings. The summed E-state index contributed by atoms with van der Waals surface area (Å²) in [5.41, 5.74) is 1.86. The van der Waals surface area contributed by atoms with Crippen molar-refractivity contribution in [1.82, 2.24) is 0 Å². The van der Waals surface area contributed by atoms with E-state index in [1.807, 2.05) is 0 Å². The van der Waals surface area contributed by atoms with E-state index < -0.39 is 122 Å². The fraction of sp³-hybridized carbons (Fsp3) is 0.360. The van der Waals surface area contributed by atoms with Crippen molar-refractivity contribution in [3.05, 3.63) is 107 Å². The Kier molecular flexibility index (Phi) is 19.7. The van der Waals surface area contributed by atoms with Crippen LogP contribution in [0.5, 0.6) is 11.5 Å². The number of esters is 6. The summed E-state index contributed by atoms with van der Waals surface area (Å²) < 4.78 is 53.5. The predicted octanol–water partition coefficient (Wildman–Crippen LogP) is 2.32. The SMILES string of the molecule is COC(=O)c1cc(C(=O)OC)cc(-c2ccc(OC3OC(COC(C)=O)C(OC(C)=O)C(OC(C)=O)C3OC(C)=O)cc2)c1.O=C(O)c1cc(C(=O)O)cc(-c2ccc(OC3OC(CO)C(O)C(O)C3O)cc2)c1. The maximum absolute atomic E-state index is 12.2. The van der Waals surface area contributed by atoms with Gasteiger partial charge < -0.3 is 78.0 Å². The van der Waals surface area contributed by atoms with E-state index in [0.717, 1.165) is 26.8 Å². The summed E-state index contributed by atoms with van der Waals surface area (Å²) in [6, 6.07) is 20.5. The summed E-state index contributed by atoms with van der Waals surface area (Å²) in [7, 11) is 2.43. The molecule has 0 saturated carbocycles. The molecular weight excluding hydrogens is 985 g/mol. The second-order valence-electron chi connectivity index (χ2n) is 16.2. The highest BCUT2D eigenvalue weighted by molar-refractivity contribution is 5.98. The van der Waals surface area contributed by atoms with Crippen molar-refractivity contribution in [3.8, 4) is 33.8 Å². The minimum absolute atomic E-state index is 0.128. The summed E-state index contributed by atoms with van der Waals surface area (Å²) in [6.07, 6.45) is -13.8. The normalized spacial score (nSPS) is 23.0. The minimum atomic E-state index is -1.58. The number of ether oxygens (including phenoxy) is 10. The smallest absolute Gasteiger partial charge is 0.337 e. The quantitative estimate of drug-likeness (QED) is 0.0692. The zero-order chi connectivity index (χ0) is 54.6. The van der Waals surface area contributed by atoms with Gasteiger partial charge in [0.1, 0.15) is 48.6 Å². The number of carboxylic acids is 2. The summed E-state index contributed by atoms with van der Waals surface area (Å²) in [5.74, 6) is -6.37. The van der Waals surface area contributed by atoms with E-state index in [9.17, 15) is 69.0 Å². The fourth-order valence-corrected chi connectivity index (χ4v) is 7.48. The van der Waals surface area contributed by atoms with E-state index in [1.54, 1.807) is 24.3 Å². The first-order valence-electron chi connectivity index (χ1n) is 22.1. The number of aliphatic hydroxyl groups is 4. The lowest BCUT2D eigenvalue weighted by Gasteiger charge is -2.43. The molecule has 2 aliphatic rings. The Labute approximate surface area is 420 Å². The van der Waals surface area contributed by atoms with Gasteiger partial charge in [-0.2, -0.15) is 0 Å². The highest BCUT2D eigenvalue weighted by Gasteiger charge is 2.53. The summed E-state index contributed by atoms with van der Waals surface area (Å²) in [4.78, 5) is 94.4. The van der Waals surface area contributed by atoms with Crippen molar-refractivity contribution in [3.63, 3.8) is 0 Å². The molecule has 2 saturated heterocycles. The zero-order valence-electron chi connectivity index (χ0n) is 40.3. The van der Waals surface area contributed by atoms with E-state index in [-0.39, 0.29) is 33.8 Å². The summed E-state index contributed by atoms with van der Waals surface area (Å²) in [6.45, 7) is 3.52. The van der Waals surface area contributed by atoms with Crippen LogP contribution in [0.3, 0.4) is 0 Å². The zero-order valence-corrected chi connectivity index (χ0v) is 40.3. The van der Waals surface area contributed by atoms with Crippen LogP contribution in [0.1, 0.15) is 69.1 Å². The van der Waals surface area contributed by atoms with Gasteiger partial charge in [0, 0.05) is 27.7 Å². The van der Waals surface area contributed by atoms with Crippen LogP contribution in [0.2, 0.25) is 0 Å². The van der Waals surface area contributed by atoms with Gasteiger partial charge in [-0.05, 0) is 82.9 Å². The lowest BCUT2D eigenvalue weighted by atomic mass is 9.98. The average molecular weight is 1040 g/mol. The number of aliphatic hydroxyl groups excluding tert-OH is 4. The number of aromatic carboxylic acids is 2. The van der Waals surface area contributed by atoms with E-state index in [0.29, 0.717) is 22.3 Å². The number of methoxy groups -OCH3 is 2. The molecule has 2 fully saturated rings. The Morgan fingerprint density at radius 2 is 0.878 bits per heavy atom. The number of hydrogen-bond acceptors (Lipinski definition) is 22. The van der Waals surface area contributed by atoms with Crippen LogP contribution in [0, 0.1) is 0 Å². The number of benzene rings is 4. The minimum Gasteiger partial charge on any atom is -0.478 e. The van der Waals surface area contributed by atoms with Crippen LogP contribution in [-0.2, 0) is 57.1 Å². The molecule has 2 aliphatic heterocycles. The van der Waals surface area contributed by atoms with Crippen LogP contribution in [0.15, 0.2) is 84.9 Å². The fourth-order valence-electron chi connectivity index (χ4n) is 7.48. The lowest BCUT2D eigenvalue weighted by Crippen LogP contribution is -2.63.